The van der Waals surface area contributed by atoms with Crippen molar-refractivity contribution in [2.24, 2.45) is 0 Å². The molecule has 2 saturated heterocycles. The van der Waals surface area contributed by atoms with Crippen LogP contribution in [-0.2, 0) is 0 Å². The van der Waals surface area contributed by atoms with E-state index >= 15 is 0 Å². The van der Waals surface area contributed by atoms with Crippen molar-refractivity contribution in [3.05, 3.63) is 45.9 Å². The fourth-order valence-corrected chi connectivity index (χ4v) is 5.58. The zero-order valence-corrected chi connectivity index (χ0v) is 18.0. The second-order valence-corrected chi connectivity index (χ2v) is 9.23. The number of hydrogen-bond donors (Lipinski definition) is 0. The van der Waals surface area contributed by atoms with Crippen molar-refractivity contribution in [2.75, 3.05) is 76.3 Å². The molecule has 2 aliphatic rings. The van der Waals surface area contributed by atoms with Gasteiger partial charge in [0.05, 0.1) is 16.1 Å². The third-order valence-corrected chi connectivity index (χ3v) is 7.34. The molecule has 0 unspecified atom stereocenters. The van der Waals surface area contributed by atoms with Crippen molar-refractivity contribution in [1.82, 2.24) is 9.80 Å². The van der Waals surface area contributed by atoms with Crippen LogP contribution in [0.2, 0.25) is 0 Å². The molecule has 2 fully saturated rings. The molecule has 5 nitrogen and oxygen atoms in total. The molecule has 0 radical (unpaired) electrons. The molecule has 0 amide bonds. The van der Waals surface area contributed by atoms with Gasteiger partial charge in [-0.15, -0.1) is 11.3 Å². The second-order valence-electron chi connectivity index (χ2n) is 8.32. The third-order valence-electron chi connectivity index (χ3n) is 6.42. The minimum Gasteiger partial charge on any atom is -0.367 e. The number of anilines is 2. The first-order valence-corrected chi connectivity index (χ1v) is 11.3. The molecule has 29 heavy (non-hydrogen) atoms. The summed E-state index contributed by atoms with van der Waals surface area (Å²) in [5.74, 6) is 0. The van der Waals surface area contributed by atoms with E-state index < -0.39 is 0 Å². The molecule has 0 aliphatic carbocycles. The van der Waals surface area contributed by atoms with Crippen LogP contribution in [0, 0.1) is 0 Å². The van der Waals surface area contributed by atoms with Gasteiger partial charge >= 0.3 is 0 Å². The SMILES string of the molecule is CN1CCN(c2c(N3CCN(C)CC3)c3sccc3c(=O)c3ccccc23)CC1. The first kappa shape index (κ1) is 18.9. The van der Waals surface area contributed by atoms with Crippen molar-refractivity contribution >= 4 is 43.6 Å². The minimum atomic E-state index is 0.160. The topological polar surface area (TPSA) is 30.0 Å². The van der Waals surface area contributed by atoms with Gasteiger partial charge in [-0.3, -0.25) is 4.79 Å². The standard InChI is InChI=1S/C23H28N4OS/c1-24-8-12-26(13-9-24)20-17-5-3-4-6-18(17)22(28)19-7-16-29-23(19)21(20)27-14-10-25(2)11-15-27/h3-7,16H,8-15H2,1-2H3. The summed E-state index contributed by atoms with van der Waals surface area (Å²) in [6.07, 6.45) is 0. The van der Waals surface area contributed by atoms with E-state index in [1.165, 1.54) is 11.4 Å². The van der Waals surface area contributed by atoms with Crippen LogP contribution in [0.4, 0.5) is 11.4 Å². The van der Waals surface area contributed by atoms with Gasteiger partial charge in [-0.05, 0) is 25.5 Å². The number of rotatable bonds is 2. The predicted octanol–water partition coefficient (Wildman–Crippen LogP) is 2.92. The average molecular weight is 409 g/mol. The number of likely N-dealkylation sites (N-methyl/N-ethyl adjacent to an activating group) is 2. The van der Waals surface area contributed by atoms with Gasteiger partial charge in [0.2, 0.25) is 0 Å². The van der Waals surface area contributed by atoms with Crippen LogP contribution >= 0.6 is 11.3 Å². The van der Waals surface area contributed by atoms with E-state index in [0.717, 1.165) is 73.2 Å². The Labute approximate surface area is 175 Å². The number of hydrogen-bond acceptors (Lipinski definition) is 6. The Hall–Kier alpha value is -2.15. The van der Waals surface area contributed by atoms with Gasteiger partial charge in [0.1, 0.15) is 0 Å². The smallest absolute Gasteiger partial charge is 0.195 e. The zero-order valence-electron chi connectivity index (χ0n) is 17.2. The number of fused-ring (bicyclic) bond motifs is 2. The van der Waals surface area contributed by atoms with E-state index in [1.54, 1.807) is 11.3 Å². The Kier molecular flexibility index (Phi) is 4.94. The molecular weight excluding hydrogens is 380 g/mol. The number of benzene rings is 1. The van der Waals surface area contributed by atoms with E-state index in [2.05, 4.69) is 51.2 Å². The van der Waals surface area contributed by atoms with E-state index in [1.807, 2.05) is 18.2 Å². The van der Waals surface area contributed by atoms with E-state index in [4.69, 9.17) is 0 Å². The Morgan fingerprint density at radius 3 is 1.86 bits per heavy atom. The van der Waals surface area contributed by atoms with Gasteiger partial charge < -0.3 is 19.6 Å². The Bertz CT molecular complexity index is 1100. The lowest BCUT2D eigenvalue weighted by Crippen LogP contribution is -2.47. The maximum absolute atomic E-state index is 13.5. The van der Waals surface area contributed by atoms with Gasteiger partial charge in [-0.1, -0.05) is 24.3 Å². The highest BCUT2D eigenvalue weighted by atomic mass is 32.1. The monoisotopic (exact) mass is 408 g/mol. The summed E-state index contributed by atoms with van der Waals surface area (Å²) in [6.45, 7) is 8.18. The first-order valence-electron chi connectivity index (χ1n) is 10.5. The maximum atomic E-state index is 13.5. The molecule has 0 atom stereocenters. The zero-order chi connectivity index (χ0) is 20.0. The van der Waals surface area contributed by atoms with Crippen LogP contribution in [-0.4, -0.2) is 76.3 Å². The molecule has 3 aromatic rings. The normalized spacial score (nSPS) is 19.4. The highest BCUT2D eigenvalue weighted by Gasteiger charge is 2.27. The number of nitrogens with zero attached hydrogens (tertiary/aromatic N) is 4. The highest BCUT2D eigenvalue weighted by molar-refractivity contribution is 7.18. The maximum Gasteiger partial charge on any atom is 0.195 e. The molecular formula is C23H28N4OS. The van der Waals surface area contributed by atoms with Crippen molar-refractivity contribution in [2.45, 2.75) is 0 Å². The van der Waals surface area contributed by atoms with Crippen molar-refractivity contribution < 1.29 is 0 Å². The van der Waals surface area contributed by atoms with Gasteiger partial charge in [-0.2, -0.15) is 0 Å². The van der Waals surface area contributed by atoms with E-state index in [-0.39, 0.29) is 5.43 Å². The van der Waals surface area contributed by atoms with E-state index in [9.17, 15) is 4.79 Å². The Morgan fingerprint density at radius 1 is 0.690 bits per heavy atom. The quantitative estimate of drug-likeness (QED) is 0.651. The molecule has 2 aliphatic heterocycles. The lowest BCUT2D eigenvalue weighted by Gasteiger charge is -2.39. The van der Waals surface area contributed by atoms with Crippen LogP contribution in [0.25, 0.3) is 20.9 Å². The molecule has 5 rings (SSSR count). The van der Waals surface area contributed by atoms with Crippen LogP contribution in [0.1, 0.15) is 0 Å². The molecule has 0 N–H and O–H groups in total. The molecule has 2 aromatic carbocycles. The highest BCUT2D eigenvalue weighted by Crippen LogP contribution is 2.42. The van der Waals surface area contributed by atoms with Crippen molar-refractivity contribution in [3.63, 3.8) is 0 Å². The molecule has 3 heterocycles. The van der Waals surface area contributed by atoms with Gasteiger partial charge in [0, 0.05) is 68.5 Å². The summed E-state index contributed by atoms with van der Waals surface area (Å²) in [5, 5.41) is 4.87. The summed E-state index contributed by atoms with van der Waals surface area (Å²) in [7, 11) is 4.38. The largest absolute Gasteiger partial charge is 0.367 e. The van der Waals surface area contributed by atoms with Crippen LogP contribution in [0.5, 0.6) is 0 Å². The lowest BCUT2D eigenvalue weighted by molar-refractivity contribution is 0.310. The number of piperazine rings is 2. The summed E-state index contributed by atoms with van der Waals surface area (Å²) >= 11 is 1.71. The summed E-state index contributed by atoms with van der Waals surface area (Å²) in [4.78, 5) is 23.3. The Balaban J connectivity index is 1.84. The van der Waals surface area contributed by atoms with Crippen molar-refractivity contribution in [1.29, 1.82) is 0 Å². The number of thiophene rings is 1. The fraction of sp³-hybridized carbons (Fsp3) is 0.435. The fourth-order valence-electron chi connectivity index (χ4n) is 4.61. The minimum absolute atomic E-state index is 0.160. The van der Waals surface area contributed by atoms with Crippen molar-refractivity contribution in [3.8, 4) is 0 Å². The Morgan fingerprint density at radius 2 is 1.24 bits per heavy atom. The molecule has 0 spiro atoms. The third kappa shape index (κ3) is 3.29. The van der Waals surface area contributed by atoms with Gasteiger partial charge in [0.25, 0.3) is 0 Å². The van der Waals surface area contributed by atoms with Crippen LogP contribution in [0.15, 0.2) is 40.5 Å². The summed E-state index contributed by atoms with van der Waals surface area (Å²) in [6, 6.07) is 10.2. The lowest BCUT2D eigenvalue weighted by atomic mass is 10.1. The van der Waals surface area contributed by atoms with Gasteiger partial charge in [0.15, 0.2) is 5.43 Å². The predicted molar refractivity (Wildman–Crippen MR) is 125 cm³/mol. The molecule has 0 bridgehead atoms. The molecule has 0 saturated carbocycles. The van der Waals surface area contributed by atoms with Crippen LogP contribution < -0.4 is 15.2 Å². The summed E-state index contributed by atoms with van der Waals surface area (Å²) < 4.78 is 1.14. The molecule has 152 valence electrons. The van der Waals surface area contributed by atoms with Crippen LogP contribution in [0.3, 0.4) is 0 Å². The summed E-state index contributed by atoms with van der Waals surface area (Å²) in [5.41, 5.74) is 2.69. The first-order chi connectivity index (χ1) is 14.1. The second kappa shape index (κ2) is 7.59. The van der Waals surface area contributed by atoms with E-state index in [0.29, 0.717) is 0 Å². The molecule has 1 aromatic heterocycles. The molecule has 6 heteroatoms. The average Bonchev–Trinajstić information content (AvgIpc) is 3.19. The van der Waals surface area contributed by atoms with Gasteiger partial charge in [-0.25, -0.2) is 0 Å².